The van der Waals surface area contributed by atoms with Crippen molar-refractivity contribution in [3.63, 3.8) is 0 Å². The second kappa shape index (κ2) is 7.09. The van der Waals surface area contributed by atoms with Crippen LogP contribution >= 0.6 is 11.6 Å². The molecule has 0 saturated heterocycles. The van der Waals surface area contributed by atoms with Gasteiger partial charge in [0.25, 0.3) is 5.56 Å². The number of nitrogens with one attached hydrogen (secondary N) is 1. The Morgan fingerprint density at radius 1 is 1.41 bits per heavy atom. The number of methoxy groups -OCH3 is 1. The lowest BCUT2D eigenvalue weighted by molar-refractivity contribution is -0.168. The van der Waals surface area contributed by atoms with Gasteiger partial charge in [-0.15, -0.1) is 0 Å². The lowest BCUT2D eigenvalue weighted by atomic mass is 9.48. The van der Waals surface area contributed by atoms with Crippen LogP contribution in [0.4, 0.5) is 5.69 Å². The number of ether oxygens (including phenoxy) is 1. The Balaban J connectivity index is 1.68. The summed E-state index contributed by atoms with van der Waals surface area (Å²) in [5, 5.41) is 17.6. The number of hydrogen-bond acceptors (Lipinski definition) is 5. The lowest BCUT2D eigenvalue weighted by Gasteiger charge is -2.59. The summed E-state index contributed by atoms with van der Waals surface area (Å²) >= 11 is 6.36. The van der Waals surface area contributed by atoms with E-state index in [0.29, 0.717) is 43.5 Å². The van der Waals surface area contributed by atoms with E-state index < -0.39 is 17.4 Å². The molecule has 27 heavy (non-hydrogen) atoms. The molecular weight excluding hydrogens is 370 g/mol. The van der Waals surface area contributed by atoms with Crippen molar-refractivity contribution >= 4 is 23.3 Å². The van der Waals surface area contributed by atoms with E-state index in [-0.39, 0.29) is 16.5 Å². The van der Waals surface area contributed by atoms with E-state index in [0.717, 1.165) is 25.7 Å². The number of halogens is 1. The van der Waals surface area contributed by atoms with Gasteiger partial charge in [0.1, 0.15) is 5.02 Å². The number of carbonyl (C=O) groups is 1. The summed E-state index contributed by atoms with van der Waals surface area (Å²) in [6, 6.07) is 0. The average molecular weight is 396 g/mol. The van der Waals surface area contributed by atoms with E-state index in [1.807, 2.05) is 0 Å². The molecule has 0 unspecified atom stereocenters. The predicted molar refractivity (Wildman–Crippen MR) is 101 cm³/mol. The van der Waals surface area contributed by atoms with E-state index in [4.69, 9.17) is 16.3 Å². The number of carboxylic acids is 1. The minimum absolute atomic E-state index is 0.0855. The zero-order valence-electron chi connectivity index (χ0n) is 15.5. The Hall–Kier alpha value is -1.60. The molecule has 4 bridgehead atoms. The molecule has 1 aromatic heterocycles. The molecule has 4 aliphatic carbocycles. The molecule has 0 spiro atoms. The van der Waals surface area contributed by atoms with E-state index >= 15 is 0 Å². The van der Waals surface area contributed by atoms with Gasteiger partial charge >= 0.3 is 5.97 Å². The minimum Gasteiger partial charge on any atom is -0.481 e. The van der Waals surface area contributed by atoms with Crippen molar-refractivity contribution in [1.82, 2.24) is 9.78 Å². The number of anilines is 1. The Labute approximate surface area is 163 Å². The molecule has 3 atom stereocenters. The van der Waals surface area contributed by atoms with Crippen LogP contribution in [0.5, 0.6) is 0 Å². The second-order valence-electron chi connectivity index (χ2n) is 8.39. The molecule has 0 amide bonds. The summed E-state index contributed by atoms with van der Waals surface area (Å²) in [7, 11) is 1.64. The maximum absolute atomic E-state index is 13.1. The summed E-state index contributed by atoms with van der Waals surface area (Å²) in [4.78, 5) is 25.2. The van der Waals surface area contributed by atoms with Gasteiger partial charge in [0.05, 0.1) is 23.3 Å². The molecule has 7 nitrogen and oxygen atoms in total. The molecule has 0 radical (unpaired) electrons. The third kappa shape index (κ3) is 3.05. The molecule has 2 N–H and O–H groups in total. The third-order valence-corrected chi connectivity index (χ3v) is 7.09. The molecule has 0 aromatic carbocycles. The van der Waals surface area contributed by atoms with Crippen LogP contribution in [0.25, 0.3) is 0 Å². The van der Waals surface area contributed by atoms with Crippen LogP contribution in [0.2, 0.25) is 5.02 Å². The van der Waals surface area contributed by atoms with Crippen molar-refractivity contribution in [3.05, 3.63) is 21.6 Å². The summed E-state index contributed by atoms with van der Waals surface area (Å²) in [6.45, 7) is 1.23. The number of nitrogens with zero attached hydrogens (tertiary/aromatic N) is 2. The molecule has 1 aromatic rings. The smallest absolute Gasteiger partial charge is 0.309 e. The third-order valence-electron chi connectivity index (χ3n) is 6.72. The molecule has 1 heterocycles. The van der Waals surface area contributed by atoms with Crippen molar-refractivity contribution in [1.29, 1.82) is 0 Å². The molecular formula is C19H26ClN3O4. The maximum atomic E-state index is 13.1. The first kappa shape index (κ1) is 18.7. The van der Waals surface area contributed by atoms with Gasteiger partial charge in [0.2, 0.25) is 0 Å². The molecule has 4 fully saturated rings. The van der Waals surface area contributed by atoms with Gasteiger partial charge in [0, 0.05) is 20.3 Å². The van der Waals surface area contributed by atoms with E-state index in [2.05, 4.69) is 10.4 Å². The topological polar surface area (TPSA) is 93.4 Å². The average Bonchev–Trinajstić information content (AvgIpc) is 2.60. The van der Waals surface area contributed by atoms with Crippen LogP contribution in [0.1, 0.15) is 38.5 Å². The highest BCUT2D eigenvalue weighted by atomic mass is 35.5. The Morgan fingerprint density at radius 2 is 2.11 bits per heavy atom. The fourth-order valence-electron chi connectivity index (χ4n) is 6.05. The highest BCUT2D eigenvalue weighted by molar-refractivity contribution is 6.32. The molecule has 148 valence electrons. The fraction of sp³-hybridized carbons (Fsp3) is 0.737. The van der Waals surface area contributed by atoms with Crippen LogP contribution in [0.3, 0.4) is 0 Å². The molecule has 5 rings (SSSR count). The number of aliphatic carboxylic acids is 1. The van der Waals surface area contributed by atoms with Crippen LogP contribution in [0.15, 0.2) is 11.0 Å². The van der Waals surface area contributed by atoms with Gasteiger partial charge in [0.15, 0.2) is 0 Å². The summed E-state index contributed by atoms with van der Waals surface area (Å²) in [6.07, 6.45) is 6.82. The van der Waals surface area contributed by atoms with E-state index in [1.54, 1.807) is 13.3 Å². The van der Waals surface area contributed by atoms with Gasteiger partial charge in [-0.2, -0.15) is 5.10 Å². The van der Waals surface area contributed by atoms with Gasteiger partial charge < -0.3 is 15.2 Å². The Bertz CT molecular complexity index is 782. The lowest BCUT2D eigenvalue weighted by Crippen LogP contribution is -2.63. The Kier molecular flexibility index (Phi) is 4.93. The quantitative estimate of drug-likeness (QED) is 0.689. The summed E-state index contributed by atoms with van der Waals surface area (Å²) in [5.41, 5.74) is -0.636. The Morgan fingerprint density at radius 3 is 2.74 bits per heavy atom. The van der Waals surface area contributed by atoms with Crippen LogP contribution in [-0.4, -0.2) is 41.1 Å². The predicted octanol–water partition coefficient (Wildman–Crippen LogP) is 2.58. The number of aromatic nitrogens is 2. The normalized spacial score (nSPS) is 34.0. The van der Waals surface area contributed by atoms with E-state index in [9.17, 15) is 14.7 Å². The highest BCUT2D eigenvalue weighted by Gasteiger charge is 2.61. The largest absolute Gasteiger partial charge is 0.481 e. The summed E-state index contributed by atoms with van der Waals surface area (Å²) < 4.78 is 6.43. The minimum atomic E-state index is -0.814. The summed E-state index contributed by atoms with van der Waals surface area (Å²) in [5.74, 6) is -0.277. The number of rotatable bonds is 7. The standard InChI is InChI=1S/C19H26ClN3O4/c1-27-4-2-3-21-14-10-22-23(17(24)16(14)20)19-8-11-5-12(9-19)7-13(6-11)15(19)18(25)26/h10-13,15,21H,2-9H2,1H3,(H,25,26)/t11-,12-,13?,15-,19?/m1/s1. The van der Waals surface area contributed by atoms with Gasteiger partial charge in [-0.25, -0.2) is 4.68 Å². The zero-order valence-corrected chi connectivity index (χ0v) is 16.2. The van der Waals surface area contributed by atoms with Crippen molar-refractivity contribution < 1.29 is 14.6 Å². The SMILES string of the molecule is COCCCNc1cnn(C23C[C@H]4CC(C[C@@H](C4)C2)[C@@H]3C(=O)O)c(=O)c1Cl. The molecule has 8 heteroatoms. The monoisotopic (exact) mass is 395 g/mol. The molecule has 4 saturated carbocycles. The maximum Gasteiger partial charge on any atom is 0.309 e. The molecule has 0 aliphatic heterocycles. The van der Waals surface area contributed by atoms with Crippen LogP contribution in [-0.2, 0) is 15.1 Å². The fourth-order valence-corrected chi connectivity index (χ4v) is 6.24. The number of carboxylic acid groups (broad SMARTS) is 1. The van der Waals surface area contributed by atoms with Crippen LogP contribution in [0, 0.1) is 23.7 Å². The first-order valence-electron chi connectivity index (χ1n) is 9.70. The zero-order chi connectivity index (χ0) is 19.2. The van der Waals surface area contributed by atoms with Crippen molar-refractivity contribution in [3.8, 4) is 0 Å². The van der Waals surface area contributed by atoms with Crippen molar-refractivity contribution in [2.45, 2.75) is 44.1 Å². The first-order chi connectivity index (χ1) is 13.0. The van der Waals surface area contributed by atoms with Gasteiger partial charge in [-0.1, -0.05) is 11.6 Å². The highest BCUT2D eigenvalue weighted by Crippen LogP contribution is 2.61. The van der Waals surface area contributed by atoms with Gasteiger partial charge in [-0.05, 0) is 56.3 Å². The van der Waals surface area contributed by atoms with Crippen molar-refractivity contribution in [2.24, 2.45) is 23.7 Å². The number of hydrogen-bond donors (Lipinski definition) is 2. The van der Waals surface area contributed by atoms with Gasteiger partial charge in [-0.3, -0.25) is 9.59 Å². The van der Waals surface area contributed by atoms with Crippen LogP contribution < -0.4 is 10.9 Å². The van der Waals surface area contributed by atoms with E-state index in [1.165, 1.54) is 4.68 Å². The van der Waals surface area contributed by atoms with Crippen molar-refractivity contribution in [2.75, 3.05) is 25.6 Å². The first-order valence-corrected chi connectivity index (χ1v) is 10.1. The molecule has 4 aliphatic rings. The second-order valence-corrected chi connectivity index (χ2v) is 8.77.